The number of benzene rings is 1. The van der Waals surface area contributed by atoms with Crippen LogP contribution in [0, 0.1) is 6.92 Å². The maximum absolute atomic E-state index is 9.82. The number of phenols is 1. The second-order valence-electron chi connectivity index (χ2n) is 3.93. The molecule has 0 saturated carbocycles. The molecule has 5 heteroatoms. The van der Waals surface area contributed by atoms with Crippen molar-refractivity contribution in [1.29, 1.82) is 0 Å². The molecule has 1 aromatic heterocycles. The van der Waals surface area contributed by atoms with Gasteiger partial charge in [0, 0.05) is 11.1 Å². The van der Waals surface area contributed by atoms with Crippen LogP contribution in [0.5, 0.6) is 17.2 Å². The number of aromatic nitrogens is 1. The van der Waals surface area contributed by atoms with E-state index in [9.17, 15) is 5.11 Å². The molecular weight excluding hydrogens is 262 g/mol. The van der Waals surface area contributed by atoms with Gasteiger partial charge >= 0.3 is 0 Å². The fourth-order valence-electron chi connectivity index (χ4n) is 1.63. The number of hydrogen-bond acceptors (Lipinski definition) is 5. The zero-order chi connectivity index (χ0) is 13.8. The second kappa shape index (κ2) is 5.75. The monoisotopic (exact) mass is 277 g/mol. The summed E-state index contributed by atoms with van der Waals surface area (Å²) >= 11 is 1.58. The first kappa shape index (κ1) is 13.4. The highest BCUT2D eigenvalue weighted by Crippen LogP contribution is 2.37. The highest BCUT2D eigenvalue weighted by atomic mass is 32.1. The number of aryl methyl sites for hydroxylation is 1. The number of aromatic hydroxyl groups is 1. The smallest absolute Gasteiger partial charge is 0.200 e. The van der Waals surface area contributed by atoms with E-state index < -0.39 is 0 Å². The van der Waals surface area contributed by atoms with E-state index in [1.54, 1.807) is 23.5 Å². The molecule has 0 unspecified atom stereocenters. The van der Waals surface area contributed by atoms with E-state index in [0.29, 0.717) is 11.5 Å². The summed E-state index contributed by atoms with van der Waals surface area (Å²) in [7, 11) is 3.01. The van der Waals surface area contributed by atoms with Crippen molar-refractivity contribution in [1.82, 2.24) is 4.98 Å². The van der Waals surface area contributed by atoms with Crippen LogP contribution in [0.4, 0.5) is 0 Å². The molecule has 0 radical (unpaired) electrons. The Labute approximate surface area is 116 Å². The molecule has 4 nitrogen and oxygen atoms in total. The van der Waals surface area contributed by atoms with Crippen LogP contribution >= 0.6 is 11.3 Å². The lowest BCUT2D eigenvalue weighted by Gasteiger charge is -2.09. The van der Waals surface area contributed by atoms with Crippen molar-refractivity contribution in [3.05, 3.63) is 33.8 Å². The van der Waals surface area contributed by atoms with Gasteiger partial charge in [-0.2, -0.15) is 0 Å². The van der Waals surface area contributed by atoms with Gasteiger partial charge in [-0.3, -0.25) is 0 Å². The Hall–Kier alpha value is -2.01. The molecule has 1 aromatic carbocycles. The minimum Gasteiger partial charge on any atom is -0.502 e. The average Bonchev–Trinajstić information content (AvgIpc) is 2.83. The fourth-order valence-corrected chi connectivity index (χ4v) is 2.31. The van der Waals surface area contributed by atoms with Crippen LogP contribution in [-0.4, -0.2) is 24.3 Å². The first-order valence-corrected chi connectivity index (χ1v) is 6.57. The van der Waals surface area contributed by atoms with Gasteiger partial charge in [-0.1, -0.05) is 6.08 Å². The van der Waals surface area contributed by atoms with E-state index in [2.05, 4.69) is 4.98 Å². The van der Waals surface area contributed by atoms with E-state index in [0.717, 1.165) is 16.3 Å². The van der Waals surface area contributed by atoms with Crippen LogP contribution in [0.15, 0.2) is 17.5 Å². The largest absolute Gasteiger partial charge is 0.502 e. The van der Waals surface area contributed by atoms with Gasteiger partial charge in [0.25, 0.3) is 0 Å². The molecule has 0 amide bonds. The number of ether oxygens (including phenoxy) is 2. The minimum absolute atomic E-state index is 0.00671. The van der Waals surface area contributed by atoms with E-state index in [1.165, 1.54) is 14.2 Å². The standard InChI is InChI=1S/C14H15NO3S/c1-9-8-19-13(15-9)5-4-10-6-11(17-2)14(16)12(7-10)18-3/h4-8,16H,1-3H3/b5-4+. The third kappa shape index (κ3) is 3.06. The van der Waals surface area contributed by atoms with Gasteiger partial charge in [-0.25, -0.2) is 4.98 Å². The number of phenolic OH excluding ortho intramolecular Hbond substituents is 1. The van der Waals surface area contributed by atoms with Crippen molar-refractivity contribution in [3.8, 4) is 17.2 Å². The Morgan fingerprint density at radius 3 is 2.26 bits per heavy atom. The number of rotatable bonds is 4. The molecule has 0 aliphatic carbocycles. The minimum atomic E-state index is 0.00671. The van der Waals surface area contributed by atoms with E-state index >= 15 is 0 Å². The molecule has 100 valence electrons. The summed E-state index contributed by atoms with van der Waals surface area (Å²) in [6, 6.07) is 3.49. The van der Waals surface area contributed by atoms with Crippen LogP contribution < -0.4 is 9.47 Å². The third-order valence-corrected chi connectivity index (χ3v) is 3.49. The first-order chi connectivity index (χ1) is 9.13. The van der Waals surface area contributed by atoms with Gasteiger partial charge in [0.05, 0.1) is 14.2 Å². The third-order valence-electron chi connectivity index (χ3n) is 2.56. The number of hydrogen-bond donors (Lipinski definition) is 1. The molecule has 0 saturated heterocycles. The Balaban J connectivity index is 2.32. The lowest BCUT2D eigenvalue weighted by atomic mass is 10.1. The summed E-state index contributed by atoms with van der Waals surface area (Å²) in [5.74, 6) is 0.774. The van der Waals surface area contributed by atoms with Gasteiger partial charge < -0.3 is 14.6 Å². The van der Waals surface area contributed by atoms with Crippen LogP contribution in [-0.2, 0) is 0 Å². The fraction of sp³-hybridized carbons (Fsp3) is 0.214. The number of nitrogens with zero attached hydrogens (tertiary/aromatic N) is 1. The Morgan fingerprint density at radius 2 is 1.79 bits per heavy atom. The molecule has 1 heterocycles. The van der Waals surface area contributed by atoms with Gasteiger partial charge in [-0.05, 0) is 30.7 Å². The predicted molar refractivity (Wildman–Crippen MR) is 77.0 cm³/mol. The van der Waals surface area contributed by atoms with Crippen LogP contribution in [0.3, 0.4) is 0 Å². The zero-order valence-corrected chi connectivity index (χ0v) is 11.8. The van der Waals surface area contributed by atoms with Gasteiger partial charge in [0.2, 0.25) is 5.75 Å². The SMILES string of the molecule is COc1cc(/C=C/c2nc(C)cs2)cc(OC)c1O. The molecule has 1 N–H and O–H groups in total. The normalized spacial score (nSPS) is 10.9. The molecular formula is C14H15NO3S. The van der Waals surface area contributed by atoms with Crippen LogP contribution in [0.25, 0.3) is 12.2 Å². The summed E-state index contributed by atoms with van der Waals surface area (Å²) in [4.78, 5) is 4.35. The highest BCUT2D eigenvalue weighted by Gasteiger charge is 2.09. The van der Waals surface area contributed by atoms with Crippen molar-refractivity contribution in [2.24, 2.45) is 0 Å². The maximum atomic E-state index is 9.82. The molecule has 0 aliphatic heterocycles. The molecule has 19 heavy (non-hydrogen) atoms. The van der Waals surface area contributed by atoms with Crippen molar-refractivity contribution < 1.29 is 14.6 Å². The molecule has 0 fully saturated rings. The van der Waals surface area contributed by atoms with Crippen molar-refractivity contribution in [3.63, 3.8) is 0 Å². The Bertz CT molecular complexity index is 579. The summed E-state index contributed by atoms with van der Waals surface area (Å²) in [5.41, 5.74) is 1.88. The van der Waals surface area contributed by atoms with Crippen LogP contribution in [0.1, 0.15) is 16.3 Å². The second-order valence-corrected chi connectivity index (χ2v) is 4.82. The highest BCUT2D eigenvalue weighted by molar-refractivity contribution is 7.10. The van der Waals surface area contributed by atoms with Crippen LogP contribution in [0.2, 0.25) is 0 Å². The summed E-state index contributed by atoms with van der Waals surface area (Å²) < 4.78 is 10.2. The molecule has 0 aliphatic rings. The number of thiazole rings is 1. The Kier molecular flexibility index (Phi) is 4.06. The molecule has 2 aromatic rings. The maximum Gasteiger partial charge on any atom is 0.200 e. The summed E-state index contributed by atoms with van der Waals surface area (Å²) in [6.45, 7) is 1.96. The average molecular weight is 277 g/mol. The molecule has 0 atom stereocenters. The zero-order valence-electron chi connectivity index (χ0n) is 11.0. The first-order valence-electron chi connectivity index (χ1n) is 5.69. The van der Waals surface area contributed by atoms with Crippen molar-refractivity contribution in [2.45, 2.75) is 6.92 Å². The quantitative estimate of drug-likeness (QED) is 0.931. The lowest BCUT2D eigenvalue weighted by Crippen LogP contribution is -1.90. The van der Waals surface area contributed by atoms with Crippen molar-refractivity contribution in [2.75, 3.05) is 14.2 Å². The molecule has 0 bridgehead atoms. The van der Waals surface area contributed by atoms with E-state index in [-0.39, 0.29) is 5.75 Å². The van der Waals surface area contributed by atoms with Gasteiger partial charge in [-0.15, -0.1) is 11.3 Å². The number of methoxy groups -OCH3 is 2. The topological polar surface area (TPSA) is 51.6 Å². The summed E-state index contributed by atoms with van der Waals surface area (Å²) in [6.07, 6.45) is 3.83. The Morgan fingerprint density at radius 1 is 1.16 bits per heavy atom. The van der Waals surface area contributed by atoms with Gasteiger partial charge in [0.1, 0.15) is 5.01 Å². The lowest BCUT2D eigenvalue weighted by molar-refractivity contribution is 0.340. The van der Waals surface area contributed by atoms with E-state index in [4.69, 9.17) is 9.47 Å². The van der Waals surface area contributed by atoms with Gasteiger partial charge in [0.15, 0.2) is 11.5 Å². The van der Waals surface area contributed by atoms with E-state index in [1.807, 2.05) is 24.5 Å². The molecule has 2 rings (SSSR count). The van der Waals surface area contributed by atoms with Crippen molar-refractivity contribution >= 4 is 23.5 Å². The predicted octanol–water partition coefficient (Wildman–Crippen LogP) is 3.34. The summed E-state index contributed by atoms with van der Waals surface area (Å²) in [5, 5.41) is 12.7. The molecule has 0 spiro atoms.